The van der Waals surface area contributed by atoms with Crippen LogP contribution in [-0.2, 0) is 19.2 Å². The van der Waals surface area contributed by atoms with Crippen LogP contribution in [0.5, 0.6) is 46.0 Å². The maximum absolute atomic E-state index is 15.8. The highest BCUT2D eigenvalue weighted by Crippen LogP contribution is 2.58. The van der Waals surface area contributed by atoms with Crippen LogP contribution in [0.25, 0.3) is 0 Å². The van der Waals surface area contributed by atoms with Gasteiger partial charge in [-0.2, -0.15) is 0 Å². The molecule has 17 rings (SSSR count). The first-order valence-corrected chi connectivity index (χ1v) is 51.9. The van der Waals surface area contributed by atoms with Gasteiger partial charge in [-0.05, 0) is 101 Å². The van der Waals surface area contributed by atoms with Crippen LogP contribution in [0.4, 0.5) is 0 Å². The van der Waals surface area contributed by atoms with Gasteiger partial charge in [0.05, 0.1) is 23.7 Å². The smallest absolute Gasteiger partial charge is 0.314 e. The molecule has 8 bridgehead atoms. The van der Waals surface area contributed by atoms with Crippen molar-refractivity contribution in [2.75, 3.05) is 0 Å². The summed E-state index contributed by atoms with van der Waals surface area (Å²) in [5.41, 5.74) is 5.92. The second-order valence-electron chi connectivity index (χ2n) is 34.8. The Balaban J connectivity index is 1.03. The van der Waals surface area contributed by atoms with E-state index in [0.717, 1.165) is 142 Å². The second-order valence-corrected chi connectivity index (χ2v) is 42.0. The van der Waals surface area contributed by atoms with Gasteiger partial charge in [0.1, 0.15) is 46.0 Å². The third-order valence-electron chi connectivity index (χ3n) is 26.5. The van der Waals surface area contributed by atoms with Crippen molar-refractivity contribution in [3.63, 3.8) is 0 Å². The molecule has 128 heavy (non-hydrogen) atoms. The zero-order valence-corrected chi connectivity index (χ0v) is 77.6. The monoisotopic (exact) mass is 1780 g/mol. The Morgan fingerprint density at radius 1 is 0.211 bits per heavy atom. The summed E-state index contributed by atoms with van der Waals surface area (Å²) in [5.74, 6) is -2.06. The SMILES string of the molecule is CCC1c2cc(c(OC(=O)C3CCCCC3)cc2OC(=O)C2CCCCC2)C(CC)c2cc(c(OP(c3ccccc3)c3ccccc3)cc2OP(c2ccccc2)c2ccccc2)C(CC)c2cc(c(OC(=O)C3CCCCC3)cc2OC(=O)C2CCCCC2)C(CC)c2cc1c(OP(c1ccccc1)c1ccccc1)cc2OP(c1ccccc1)c1ccccc1. The van der Waals surface area contributed by atoms with E-state index in [4.69, 9.17) is 37.0 Å². The molecule has 16 heteroatoms. The number of esters is 4. The Bertz CT molecular complexity index is 4860. The van der Waals surface area contributed by atoms with E-state index in [9.17, 15) is 0 Å². The molecule has 0 heterocycles. The van der Waals surface area contributed by atoms with Crippen LogP contribution in [0, 0.1) is 23.7 Å². The van der Waals surface area contributed by atoms with Crippen molar-refractivity contribution in [3.8, 4) is 46.0 Å². The highest BCUT2D eigenvalue weighted by Gasteiger charge is 2.41. The van der Waals surface area contributed by atoms with E-state index in [1.165, 1.54) is 0 Å². The van der Waals surface area contributed by atoms with Crippen LogP contribution in [0.1, 0.15) is 250 Å². The molecule has 0 aromatic heterocycles. The van der Waals surface area contributed by atoms with Gasteiger partial charge in [0.15, 0.2) is 32.6 Å². The summed E-state index contributed by atoms with van der Waals surface area (Å²) in [6, 6.07) is 101. The third-order valence-corrected chi connectivity index (χ3v) is 34.1. The predicted molar refractivity (Wildman–Crippen MR) is 522 cm³/mol. The van der Waals surface area contributed by atoms with Gasteiger partial charge < -0.3 is 37.0 Å². The van der Waals surface area contributed by atoms with Gasteiger partial charge >= 0.3 is 23.9 Å². The lowest BCUT2D eigenvalue weighted by Crippen LogP contribution is -2.25. The molecule has 4 saturated carbocycles. The number of rotatable bonds is 28. The summed E-state index contributed by atoms with van der Waals surface area (Å²) >= 11 is 0. The molecule has 4 unspecified atom stereocenters. The Morgan fingerprint density at radius 2 is 0.359 bits per heavy atom. The molecular weight excluding hydrogens is 1660 g/mol. The summed E-state index contributed by atoms with van der Waals surface area (Å²) in [6.45, 7) is 8.76. The van der Waals surface area contributed by atoms with E-state index in [2.05, 4.69) is 258 Å². The van der Waals surface area contributed by atoms with E-state index < -0.39 is 56.3 Å². The molecule has 12 aromatic rings. The van der Waals surface area contributed by atoms with Crippen molar-refractivity contribution in [2.24, 2.45) is 23.7 Å². The number of carbonyl (C=O) groups is 4. The van der Waals surface area contributed by atoms with Crippen LogP contribution < -0.4 is 79.5 Å². The summed E-state index contributed by atoms with van der Waals surface area (Å²) in [6.07, 6.45) is 18.5. The molecule has 0 amide bonds. The third kappa shape index (κ3) is 20.8. The summed E-state index contributed by atoms with van der Waals surface area (Å²) in [5, 5.41) is 7.86. The van der Waals surface area contributed by atoms with E-state index in [0.29, 0.717) is 145 Å². The molecule has 5 aliphatic rings. The Morgan fingerprint density at radius 3 is 0.516 bits per heavy atom. The maximum Gasteiger partial charge on any atom is 0.314 e. The lowest BCUT2D eigenvalue weighted by Gasteiger charge is -2.33. The lowest BCUT2D eigenvalue weighted by atomic mass is 9.77. The van der Waals surface area contributed by atoms with Crippen LogP contribution in [-0.4, -0.2) is 23.9 Å². The molecule has 0 spiro atoms. The average molecular weight is 1780 g/mol. The van der Waals surface area contributed by atoms with Crippen LogP contribution in [0.3, 0.4) is 0 Å². The molecule has 5 aliphatic carbocycles. The van der Waals surface area contributed by atoms with Crippen LogP contribution in [0.15, 0.2) is 291 Å². The first-order valence-electron chi connectivity index (χ1n) is 46.9. The molecular formula is C112H116O12P4. The van der Waals surface area contributed by atoms with Gasteiger partial charge in [0.25, 0.3) is 0 Å². The second kappa shape index (κ2) is 43.2. The maximum atomic E-state index is 15.8. The largest absolute Gasteiger partial charge is 0.464 e. The number of hydrogen-bond acceptors (Lipinski definition) is 12. The molecule has 0 aliphatic heterocycles. The van der Waals surface area contributed by atoms with E-state index >= 15 is 19.2 Å². The van der Waals surface area contributed by atoms with Crippen LogP contribution in [0.2, 0.25) is 0 Å². The van der Waals surface area contributed by atoms with Crippen molar-refractivity contribution in [3.05, 3.63) is 336 Å². The molecule has 4 atom stereocenters. The minimum absolute atomic E-state index is 0.294. The zero-order valence-electron chi connectivity index (χ0n) is 74.0. The van der Waals surface area contributed by atoms with Gasteiger partial charge in [-0.1, -0.05) is 347 Å². The molecule has 0 saturated heterocycles. The van der Waals surface area contributed by atoms with Gasteiger partial charge in [0, 0.05) is 135 Å². The Kier molecular flexibility index (Phi) is 30.2. The molecule has 12 nitrogen and oxygen atoms in total. The highest BCUT2D eigenvalue weighted by atomic mass is 31.1. The Hall–Kier alpha value is -10.6. The van der Waals surface area contributed by atoms with Gasteiger partial charge in [0.2, 0.25) is 0 Å². The number of ether oxygens (including phenoxy) is 4. The Labute approximate surface area is 761 Å². The first-order chi connectivity index (χ1) is 63.0. The fraction of sp³-hybridized carbons (Fsp3) is 0.321. The van der Waals surface area contributed by atoms with Crippen molar-refractivity contribution < 1.29 is 56.2 Å². The van der Waals surface area contributed by atoms with E-state index in [-0.39, 0.29) is 47.5 Å². The molecule has 0 radical (unpaired) electrons. The normalized spacial score (nSPS) is 17.6. The topological polar surface area (TPSA) is 142 Å². The van der Waals surface area contributed by atoms with Crippen molar-refractivity contribution in [1.29, 1.82) is 0 Å². The number of benzene rings is 12. The van der Waals surface area contributed by atoms with Crippen LogP contribution >= 0.6 is 32.6 Å². The highest BCUT2D eigenvalue weighted by molar-refractivity contribution is 7.70. The number of carbonyl (C=O) groups excluding carboxylic acids is 4. The van der Waals surface area contributed by atoms with Gasteiger partial charge in [-0.15, -0.1) is 0 Å². The number of hydrogen-bond donors (Lipinski definition) is 0. The first kappa shape index (κ1) is 89.4. The van der Waals surface area contributed by atoms with Gasteiger partial charge in [-0.25, -0.2) is 0 Å². The molecule has 656 valence electrons. The van der Waals surface area contributed by atoms with Crippen molar-refractivity contribution >= 4 is 98.9 Å². The standard InChI is InChI=1S/C112H116O12P4/c1-5-89-93-69-94(102(118-110(114)78-47-23-10-24-48-78)73-101(93)117-109(113)77-45-21-9-22-46-77)90(6-2)99-72-100(108(124-128(87-65-41-19-42-66-87)88-67-43-20-44-68-88)76-107(99)123-127(85-61-37-17-38-62-85)86-63-39-18-40-64-86)92(8-4)96-70-95(103(119-111(115)79-49-25-11-26-50-79)74-104(96)120-112(116)80-51-27-12-28-52-80)91(7-3)98-71-97(89)105(121-125(81-53-29-13-30-54-81)82-55-31-14-32-56-82)75-106(98)122-126(83-57-33-15-34-58-83)84-59-35-16-36-60-84/h13-20,29-44,53-80,89-92H,5-12,21-28,45-52H2,1-4H3. The van der Waals surface area contributed by atoms with E-state index in [1.807, 2.05) is 60.7 Å². The summed E-state index contributed by atoms with van der Waals surface area (Å²) in [4.78, 5) is 63.1. The fourth-order valence-corrected chi connectivity index (χ4v) is 26.7. The predicted octanol–water partition coefficient (Wildman–Crippen LogP) is 25.8. The lowest BCUT2D eigenvalue weighted by molar-refractivity contribution is -0.141. The number of fused-ring (bicyclic) bond motifs is 8. The average Bonchev–Trinajstić information content (AvgIpc) is 0.738. The van der Waals surface area contributed by atoms with E-state index in [1.54, 1.807) is 0 Å². The fourth-order valence-electron chi connectivity index (χ4n) is 19.7. The minimum Gasteiger partial charge on any atom is -0.464 e. The molecule has 4 fully saturated rings. The van der Waals surface area contributed by atoms with Gasteiger partial charge in [-0.3, -0.25) is 19.2 Å². The molecule has 12 aromatic carbocycles. The minimum atomic E-state index is -1.67. The van der Waals surface area contributed by atoms with Crippen molar-refractivity contribution in [1.82, 2.24) is 0 Å². The zero-order chi connectivity index (χ0) is 87.7. The molecule has 0 N–H and O–H groups in total. The van der Waals surface area contributed by atoms with Crippen molar-refractivity contribution in [2.45, 2.75) is 205 Å². The summed E-state index contributed by atoms with van der Waals surface area (Å²) < 4.78 is 61.6. The summed E-state index contributed by atoms with van der Waals surface area (Å²) in [7, 11) is -6.69. The quantitative estimate of drug-likeness (QED) is 0.0262.